The first kappa shape index (κ1) is 16.1. The van der Waals surface area contributed by atoms with Gasteiger partial charge in [0.25, 0.3) is 5.91 Å². The van der Waals surface area contributed by atoms with Crippen LogP contribution >= 0.6 is 23.2 Å². The number of nitrogens with one attached hydrogen (secondary N) is 2. The quantitative estimate of drug-likeness (QED) is 0.772. The van der Waals surface area contributed by atoms with E-state index in [1.807, 2.05) is 0 Å². The Labute approximate surface area is 136 Å². The third kappa shape index (κ3) is 3.90. The second kappa shape index (κ2) is 6.67. The van der Waals surface area contributed by atoms with E-state index in [4.69, 9.17) is 28.9 Å². The number of rotatable bonds is 5. The highest BCUT2D eigenvalue weighted by atomic mass is 35.5. The van der Waals surface area contributed by atoms with Gasteiger partial charge in [0.15, 0.2) is 5.82 Å². The molecule has 0 unspecified atom stereocenters. The van der Waals surface area contributed by atoms with E-state index in [0.29, 0.717) is 15.7 Å². The fourth-order valence-corrected chi connectivity index (χ4v) is 2.20. The summed E-state index contributed by atoms with van der Waals surface area (Å²) in [7, 11) is 1.64. The van der Waals surface area contributed by atoms with Gasteiger partial charge in [0, 0.05) is 18.3 Å². The fourth-order valence-electron chi connectivity index (χ4n) is 1.75. The van der Waals surface area contributed by atoms with E-state index in [9.17, 15) is 9.59 Å². The summed E-state index contributed by atoms with van der Waals surface area (Å²) in [4.78, 5) is 23.1. The van der Waals surface area contributed by atoms with Gasteiger partial charge in [-0.1, -0.05) is 23.2 Å². The van der Waals surface area contributed by atoms with E-state index in [2.05, 4.69) is 15.7 Å². The Bertz CT molecular complexity index is 729. The van der Waals surface area contributed by atoms with Crippen LogP contribution in [-0.4, -0.2) is 28.1 Å². The minimum Gasteiger partial charge on any atom is -0.365 e. The maximum atomic E-state index is 11.9. The Morgan fingerprint density at radius 2 is 2.09 bits per heavy atom. The highest BCUT2D eigenvalue weighted by Gasteiger charge is 2.14. The van der Waals surface area contributed by atoms with Crippen molar-refractivity contribution in [2.75, 3.05) is 17.2 Å². The SMILES string of the molecule is Cn1cc(C(N)=O)c(NCC(=O)Nc2ccc(Cl)cc2Cl)n1. The number of halogens is 2. The van der Waals surface area contributed by atoms with Gasteiger partial charge in [-0.3, -0.25) is 14.3 Å². The molecule has 0 spiro atoms. The number of amides is 2. The van der Waals surface area contributed by atoms with Gasteiger partial charge in [0.1, 0.15) is 5.56 Å². The van der Waals surface area contributed by atoms with Crippen molar-refractivity contribution in [3.05, 3.63) is 40.0 Å². The van der Waals surface area contributed by atoms with Crippen molar-refractivity contribution in [3.8, 4) is 0 Å². The molecule has 1 heterocycles. The Morgan fingerprint density at radius 3 is 2.73 bits per heavy atom. The molecule has 0 aliphatic rings. The molecule has 0 fully saturated rings. The minimum atomic E-state index is -0.628. The molecule has 2 amide bonds. The molecule has 1 aromatic heterocycles. The number of anilines is 2. The predicted octanol–water partition coefficient (Wildman–Crippen LogP) is 1.88. The highest BCUT2D eigenvalue weighted by molar-refractivity contribution is 6.36. The van der Waals surface area contributed by atoms with Gasteiger partial charge in [-0.05, 0) is 18.2 Å². The molecule has 116 valence electrons. The molecule has 0 radical (unpaired) electrons. The third-order valence-corrected chi connectivity index (χ3v) is 3.26. The number of hydrogen-bond acceptors (Lipinski definition) is 4. The van der Waals surface area contributed by atoms with Gasteiger partial charge in [-0.25, -0.2) is 0 Å². The summed E-state index contributed by atoms with van der Waals surface area (Å²) in [5.41, 5.74) is 5.88. The molecule has 1 aromatic carbocycles. The van der Waals surface area contributed by atoms with Crippen LogP contribution in [0.15, 0.2) is 24.4 Å². The summed E-state index contributed by atoms with van der Waals surface area (Å²) in [6, 6.07) is 4.73. The Kier molecular flexibility index (Phi) is 4.89. The molecule has 0 aliphatic heterocycles. The van der Waals surface area contributed by atoms with Crippen LogP contribution in [0.3, 0.4) is 0 Å². The standard InChI is InChI=1S/C13H13Cl2N5O2/c1-20-6-8(12(16)22)13(19-20)17-5-11(21)18-10-3-2-7(14)4-9(10)15/h2-4,6H,5H2,1H3,(H2,16,22)(H,17,19)(H,18,21). The number of aromatic nitrogens is 2. The van der Waals surface area contributed by atoms with Gasteiger partial charge in [-0.15, -0.1) is 0 Å². The van der Waals surface area contributed by atoms with Crippen molar-refractivity contribution < 1.29 is 9.59 Å². The summed E-state index contributed by atoms with van der Waals surface area (Å²) in [5, 5.41) is 10.2. The van der Waals surface area contributed by atoms with Gasteiger partial charge >= 0.3 is 0 Å². The summed E-state index contributed by atoms with van der Waals surface area (Å²) < 4.78 is 1.43. The number of primary amides is 1. The van der Waals surface area contributed by atoms with E-state index >= 15 is 0 Å². The summed E-state index contributed by atoms with van der Waals surface area (Å²) in [5.74, 6) is -0.741. The first-order chi connectivity index (χ1) is 10.4. The Balaban J connectivity index is 2.00. The van der Waals surface area contributed by atoms with Gasteiger partial charge in [0.05, 0.1) is 17.3 Å². The van der Waals surface area contributed by atoms with E-state index in [1.54, 1.807) is 19.2 Å². The molecule has 0 saturated carbocycles. The number of carbonyl (C=O) groups is 2. The molecule has 0 atom stereocenters. The van der Waals surface area contributed by atoms with Crippen LogP contribution in [-0.2, 0) is 11.8 Å². The van der Waals surface area contributed by atoms with Gasteiger partial charge < -0.3 is 16.4 Å². The second-order valence-corrected chi connectivity index (χ2v) is 5.30. The molecule has 9 heteroatoms. The van der Waals surface area contributed by atoms with Crippen LogP contribution in [0.5, 0.6) is 0 Å². The van der Waals surface area contributed by atoms with Crippen molar-refractivity contribution in [3.63, 3.8) is 0 Å². The molecule has 0 saturated heterocycles. The van der Waals surface area contributed by atoms with Crippen molar-refractivity contribution >= 4 is 46.5 Å². The average molecular weight is 342 g/mol. The number of aryl methyl sites for hydroxylation is 1. The number of benzene rings is 1. The number of carbonyl (C=O) groups excluding carboxylic acids is 2. The molecule has 2 aromatic rings. The maximum absolute atomic E-state index is 11.9. The number of hydrogen-bond donors (Lipinski definition) is 3. The van der Waals surface area contributed by atoms with E-state index in [-0.39, 0.29) is 23.8 Å². The topological polar surface area (TPSA) is 102 Å². The Hall–Kier alpha value is -2.25. The zero-order valence-electron chi connectivity index (χ0n) is 11.6. The maximum Gasteiger partial charge on any atom is 0.254 e. The molecule has 2 rings (SSSR count). The normalized spacial score (nSPS) is 10.3. The summed E-state index contributed by atoms with van der Waals surface area (Å²) in [6.07, 6.45) is 1.47. The third-order valence-electron chi connectivity index (χ3n) is 2.72. The second-order valence-electron chi connectivity index (χ2n) is 4.46. The number of nitrogens with zero attached hydrogens (tertiary/aromatic N) is 2. The van der Waals surface area contributed by atoms with Crippen molar-refractivity contribution in [1.82, 2.24) is 9.78 Å². The zero-order valence-corrected chi connectivity index (χ0v) is 13.1. The van der Waals surface area contributed by atoms with Crippen molar-refractivity contribution in [1.29, 1.82) is 0 Å². The lowest BCUT2D eigenvalue weighted by molar-refractivity contribution is -0.114. The van der Waals surface area contributed by atoms with Crippen LogP contribution in [0.2, 0.25) is 10.0 Å². The molecule has 0 bridgehead atoms. The Morgan fingerprint density at radius 1 is 1.36 bits per heavy atom. The van der Waals surface area contributed by atoms with Crippen molar-refractivity contribution in [2.24, 2.45) is 12.8 Å². The lowest BCUT2D eigenvalue weighted by atomic mass is 10.3. The van der Waals surface area contributed by atoms with Crippen LogP contribution in [0, 0.1) is 0 Å². The first-order valence-corrected chi connectivity index (χ1v) is 6.94. The van der Waals surface area contributed by atoms with Crippen LogP contribution in [0.25, 0.3) is 0 Å². The molecule has 7 nitrogen and oxygen atoms in total. The predicted molar refractivity (Wildman–Crippen MR) is 85.3 cm³/mol. The van der Waals surface area contributed by atoms with E-state index < -0.39 is 5.91 Å². The minimum absolute atomic E-state index is 0.101. The van der Waals surface area contributed by atoms with Crippen molar-refractivity contribution in [2.45, 2.75) is 0 Å². The van der Waals surface area contributed by atoms with E-state index in [1.165, 1.54) is 16.9 Å². The summed E-state index contributed by atoms with van der Waals surface area (Å²) >= 11 is 11.7. The van der Waals surface area contributed by atoms with E-state index in [0.717, 1.165) is 0 Å². The smallest absolute Gasteiger partial charge is 0.254 e. The lowest BCUT2D eigenvalue weighted by Gasteiger charge is -2.08. The number of nitrogens with two attached hydrogens (primary N) is 1. The first-order valence-electron chi connectivity index (χ1n) is 6.19. The molecular weight excluding hydrogens is 329 g/mol. The summed E-state index contributed by atoms with van der Waals surface area (Å²) in [6.45, 7) is -0.101. The fraction of sp³-hybridized carbons (Fsp3) is 0.154. The van der Waals surface area contributed by atoms with Gasteiger partial charge in [0.2, 0.25) is 5.91 Å². The highest BCUT2D eigenvalue weighted by Crippen LogP contribution is 2.25. The molecule has 22 heavy (non-hydrogen) atoms. The molecular formula is C13H13Cl2N5O2. The lowest BCUT2D eigenvalue weighted by Crippen LogP contribution is -2.23. The van der Waals surface area contributed by atoms with Crippen LogP contribution in [0.4, 0.5) is 11.5 Å². The monoisotopic (exact) mass is 341 g/mol. The van der Waals surface area contributed by atoms with Crippen LogP contribution in [0.1, 0.15) is 10.4 Å². The average Bonchev–Trinajstić information content (AvgIpc) is 2.81. The molecule has 4 N–H and O–H groups in total. The molecule has 0 aliphatic carbocycles. The van der Waals surface area contributed by atoms with Gasteiger partial charge in [-0.2, -0.15) is 5.10 Å². The largest absolute Gasteiger partial charge is 0.365 e. The van der Waals surface area contributed by atoms with Crippen LogP contribution < -0.4 is 16.4 Å². The zero-order chi connectivity index (χ0) is 16.3.